The first-order valence-corrected chi connectivity index (χ1v) is 13.3. The fourth-order valence-electron chi connectivity index (χ4n) is 4.14. The molecule has 0 aromatic heterocycles. The van der Waals surface area contributed by atoms with E-state index in [0.717, 1.165) is 0 Å². The zero-order valence-electron chi connectivity index (χ0n) is 21.8. The minimum atomic E-state index is -1.23. The molecule has 3 unspecified atom stereocenters. The number of amides is 2. The second kappa shape index (κ2) is 15.8. The summed E-state index contributed by atoms with van der Waals surface area (Å²) in [6, 6.07) is 2.26. The number of hydrogen-bond acceptors (Lipinski definition) is 9. The Labute approximate surface area is 235 Å². The average Bonchev–Trinajstić information content (AvgIpc) is 2.89. The smallest absolute Gasteiger partial charge is 0.247 e. The Balaban J connectivity index is 2.45. The molecule has 12 heteroatoms. The second-order valence-corrected chi connectivity index (χ2v) is 9.97. The van der Waals surface area contributed by atoms with Gasteiger partial charge in [-0.2, -0.15) is 0 Å². The first-order valence-electron chi connectivity index (χ1n) is 12.2. The number of benzene rings is 1. The summed E-state index contributed by atoms with van der Waals surface area (Å²) in [5, 5.41) is 23.2. The van der Waals surface area contributed by atoms with Crippen molar-refractivity contribution in [3.05, 3.63) is 32.9 Å². The third-order valence-electron chi connectivity index (χ3n) is 6.03. The lowest BCUT2D eigenvalue weighted by Gasteiger charge is -2.40. The largest absolute Gasteiger partial charge is 0.493 e. The van der Waals surface area contributed by atoms with Gasteiger partial charge in [-0.05, 0) is 54.1 Å². The number of nitrogens with one attached hydrogen (secondary N) is 1. The van der Waals surface area contributed by atoms with E-state index in [-0.39, 0.29) is 74.3 Å². The van der Waals surface area contributed by atoms with Crippen LogP contribution in [0.25, 0.3) is 0 Å². The summed E-state index contributed by atoms with van der Waals surface area (Å²) in [7, 11) is 2.91. The fourth-order valence-corrected chi connectivity index (χ4v) is 4.89. The van der Waals surface area contributed by atoms with E-state index in [1.165, 1.54) is 38.2 Å². The molecule has 1 aliphatic rings. The SMILES string of the molecule is COCCN(C(=O)CCCC(C)=O)C1CC(C(=O)NCCO)=CC(Oc2c(I)cc(C=O)cc2OC)C1O. The molecule has 0 fully saturated rings. The molecule has 11 nitrogen and oxygen atoms in total. The van der Waals surface area contributed by atoms with E-state index in [1.54, 1.807) is 6.07 Å². The molecule has 0 heterocycles. The Kier molecular flexibility index (Phi) is 13.1. The van der Waals surface area contributed by atoms with Gasteiger partial charge in [-0.25, -0.2) is 0 Å². The number of ketones is 1. The highest BCUT2D eigenvalue weighted by atomic mass is 127. The monoisotopic (exact) mass is 646 g/mol. The minimum Gasteiger partial charge on any atom is -0.493 e. The molecule has 38 heavy (non-hydrogen) atoms. The predicted octanol–water partition coefficient (Wildman–Crippen LogP) is 1.26. The van der Waals surface area contributed by atoms with Crippen LogP contribution in [-0.2, 0) is 19.1 Å². The van der Waals surface area contributed by atoms with Gasteiger partial charge in [0.25, 0.3) is 0 Å². The van der Waals surface area contributed by atoms with Gasteiger partial charge < -0.3 is 39.4 Å². The topological polar surface area (TPSA) is 152 Å². The van der Waals surface area contributed by atoms with Crippen LogP contribution in [-0.4, -0.2) is 97.8 Å². The van der Waals surface area contributed by atoms with Crippen LogP contribution in [0, 0.1) is 3.57 Å². The minimum absolute atomic E-state index is 0.0256. The molecule has 0 aliphatic heterocycles. The Morgan fingerprint density at radius 1 is 1.24 bits per heavy atom. The van der Waals surface area contributed by atoms with Crippen molar-refractivity contribution in [2.45, 2.75) is 50.9 Å². The Hall–Kier alpha value is -2.55. The standard InChI is InChI=1S/C26H35IN2O9/c1-16(32)5-4-6-23(33)29(8-10-36-2)20-13-18(26(35)28-7-9-30)14-21(24(20)34)38-25-19(27)11-17(15-31)12-22(25)37-3/h11-12,14-15,20-21,24,30,34H,4-10,13H2,1-3H3,(H,28,35). The zero-order valence-corrected chi connectivity index (χ0v) is 23.9. The van der Waals surface area contributed by atoms with Crippen LogP contribution >= 0.6 is 22.6 Å². The van der Waals surface area contributed by atoms with Crippen LogP contribution in [0.1, 0.15) is 43.0 Å². The number of ether oxygens (including phenoxy) is 3. The lowest BCUT2D eigenvalue weighted by Crippen LogP contribution is -2.55. The van der Waals surface area contributed by atoms with Gasteiger partial charge in [-0.3, -0.25) is 14.4 Å². The summed E-state index contributed by atoms with van der Waals surface area (Å²) in [5.41, 5.74) is 0.651. The number of nitrogens with zero attached hydrogens (tertiary/aromatic N) is 1. The molecule has 0 spiro atoms. The zero-order chi connectivity index (χ0) is 28.2. The van der Waals surface area contributed by atoms with Gasteiger partial charge in [0.05, 0.1) is 29.9 Å². The molecule has 2 rings (SSSR count). The normalized spacial score (nSPS) is 18.8. The van der Waals surface area contributed by atoms with Crippen molar-refractivity contribution in [1.82, 2.24) is 10.2 Å². The lowest BCUT2D eigenvalue weighted by molar-refractivity contribution is -0.139. The summed E-state index contributed by atoms with van der Waals surface area (Å²) < 4.78 is 17.3. The molecular weight excluding hydrogens is 611 g/mol. The van der Waals surface area contributed by atoms with E-state index in [1.807, 2.05) is 22.6 Å². The maximum Gasteiger partial charge on any atom is 0.247 e. The summed E-state index contributed by atoms with van der Waals surface area (Å²) >= 11 is 1.98. The summed E-state index contributed by atoms with van der Waals surface area (Å²) in [6.45, 7) is 1.59. The fraction of sp³-hybridized carbons (Fsp3) is 0.538. The van der Waals surface area contributed by atoms with Gasteiger partial charge in [0.15, 0.2) is 11.5 Å². The summed E-state index contributed by atoms with van der Waals surface area (Å²) in [5.74, 6) is -0.235. The highest BCUT2D eigenvalue weighted by molar-refractivity contribution is 14.1. The number of aldehydes is 1. The maximum absolute atomic E-state index is 13.2. The van der Waals surface area contributed by atoms with Gasteiger partial charge in [0.2, 0.25) is 11.8 Å². The number of hydrogen-bond donors (Lipinski definition) is 3. The molecule has 1 aromatic rings. The number of aliphatic hydroxyl groups is 2. The number of methoxy groups -OCH3 is 2. The van der Waals surface area contributed by atoms with Gasteiger partial charge in [0.1, 0.15) is 24.3 Å². The number of aliphatic hydroxyl groups excluding tert-OH is 2. The van der Waals surface area contributed by atoms with Crippen LogP contribution in [0.2, 0.25) is 0 Å². The third kappa shape index (κ3) is 8.75. The van der Waals surface area contributed by atoms with Gasteiger partial charge in [0, 0.05) is 50.6 Å². The molecule has 3 atom stereocenters. The van der Waals surface area contributed by atoms with Crippen molar-refractivity contribution >= 4 is 46.5 Å². The highest BCUT2D eigenvalue weighted by Gasteiger charge is 2.40. The summed E-state index contributed by atoms with van der Waals surface area (Å²) in [4.78, 5) is 50.2. The van der Waals surface area contributed by atoms with E-state index >= 15 is 0 Å². The van der Waals surface area contributed by atoms with Crippen LogP contribution < -0.4 is 14.8 Å². The molecule has 0 bridgehead atoms. The molecule has 0 saturated carbocycles. The molecule has 210 valence electrons. The summed E-state index contributed by atoms with van der Waals surface area (Å²) in [6.07, 6.45) is 0.629. The van der Waals surface area contributed by atoms with Crippen molar-refractivity contribution in [2.24, 2.45) is 0 Å². The van der Waals surface area contributed by atoms with Crippen LogP contribution in [0.15, 0.2) is 23.8 Å². The van der Waals surface area contributed by atoms with Crippen molar-refractivity contribution in [3.8, 4) is 11.5 Å². The number of Topliss-reactive ketones (excluding diaryl/α,β-unsaturated/α-hetero) is 1. The molecule has 0 radical (unpaired) electrons. The van der Waals surface area contributed by atoms with E-state index in [0.29, 0.717) is 21.8 Å². The average molecular weight is 646 g/mol. The van der Waals surface area contributed by atoms with E-state index < -0.39 is 24.2 Å². The highest BCUT2D eigenvalue weighted by Crippen LogP contribution is 2.37. The molecule has 2 amide bonds. The molecule has 1 aromatic carbocycles. The molecule has 0 saturated heterocycles. The van der Waals surface area contributed by atoms with E-state index in [4.69, 9.17) is 19.3 Å². The molecule has 1 aliphatic carbocycles. The van der Waals surface area contributed by atoms with Crippen molar-refractivity contribution in [1.29, 1.82) is 0 Å². The van der Waals surface area contributed by atoms with Gasteiger partial charge >= 0.3 is 0 Å². The van der Waals surface area contributed by atoms with Crippen LogP contribution in [0.5, 0.6) is 11.5 Å². The Morgan fingerprint density at radius 3 is 2.58 bits per heavy atom. The van der Waals surface area contributed by atoms with Crippen molar-refractivity contribution in [3.63, 3.8) is 0 Å². The first-order chi connectivity index (χ1) is 18.2. The number of carbonyl (C=O) groups excluding carboxylic acids is 4. The Morgan fingerprint density at radius 2 is 1.97 bits per heavy atom. The first kappa shape index (κ1) is 31.7. The van der Waals surface area contributed by atoms with Crippen molar-refractivity contribution in [2.75, 3.05) is 40.5 Å². The third-order valence-corrected chi connectivity index (χ3v) is 6.83. The van der Waals surface area contributed by atoms with Gasteiger partial charge in [-0.15, -0.1) is 0 Å². The lowest BCUT2D eigenvalue weighted by atomic mass is 9.88. The molecular formula is C26H35IN2O9. The van der Waals surface area contributed by atoms with Crippen LogP contribution in [0.4, 0.5) is 0 Å². The Bertz CT molecular complexity index is 1030. The number of rotatable bonds is 15. The van der Waals surface area contributed by atoms with E-state index in [2.05, 4.69) is 5.32 Å². The number of carbonyl (C=O) groups is 4. The van der Waals surface area contributed by atoms with Gasteiger partial charge in [-0.1, -0.05) is 0 Å². The molecule has 3 N–H and O–H groups in total. The predicted molar refractivity (Wildman–Crippen MR) is 146 cm³/mol. The second-order valence-electron chi connectivity index (χ2n) is 8.80. The quantitative estimate of drug-likeness (QED) is 0.189. The van der Waals surface area contributed by atoms with Crippen LogP contribution in [0.3, 0.4) is 0 Å². The van der Waals surface area contributed by atoms with Crippen molar-refractivity contribution < 1.29 is 43.6 Å². The maximum atomic E-state index is 13.2. The number of halogens is 1. The van der Waals surface area contributed by atoms with E-state index in [9.17, 15) is 24.3 Å².